The summed E-state index contributed by atoms with van der Waals surface area (Å²) in [5.74, 6) is 0.507. The summed E-state index contributed by atoms with van der Waals surface area (Å²) < 4.78 is 6.51. The highest BCUT2D eigenvalue weighted by atomic mass is 79.9. The second-order valence-corrected chi connectivity index (χ2v) is 4.78. The van der Waals surface area contributed by atoms with Gasteiger partial charge in [0.15, 0.2) is 0 Å². The van der Waals surface area contributed by atoms with Crippen LogP contribution < -0.4 is 0 Å². The minimum atomic E-state index is 0.331. The number of hydrogen-bond donors (Lipinski definition) is 1. The first-order valence-corrected chi connectivity index (χ1v) is 5.57. The van der Waals surface area contributed by atoms with Crippen LogP contribution in [0.5, 0.6) is 0 Å². The molecule has 76 valence electrons. The highest BCUT2D eigenvalue weighted by molar-refractivity contribution is 9.11. The van der Waals surface area contributed by atoms with E-state index in [9.17, 15) is 0 Å². The average Bonchev–Trinajstić information content (AvgIpc) is 2.15. The van der Waals surface area contributed by atoms with Crippen LogP contribution in [0.25, 0.3) is 0 Å². The summed E-state index contributed by atoms with van der Waals surface area (Å²) in [5, 5.41) is 8.93. The molecule has 1 aliphatic carbocycles. The van der Waals surface area contributed by atoms with Gasteiger partial charge < -0.3 is 9.84 Å². The molecule has 1 N–H and O–H groups in total. The maximum absolute atomic E-state index is 8.93. The molecule has 0 aromatic rings. The van der Waals surface area contributed by atoms with Gasteiger partial charge in [-0.25, -0.2) is 0 Å². The van der Waals surface area contributed by atoms with Crippen molar-refractivity contribution in [2.75, 3.05) is 13.2 Å². The first-order valence-electron chi connectivity index (χ1n) is 4.78. The fraction of sp³-hybridized carbons (Fsp3) is 0.800. The van der Waals surface area contributed by atoms with E-state index in [0.29, 0.717) is 25.2 Å². The van der Waals surface area contributed by atoms with Gasteiger partial charge in [0.1, 0.15) is 0 Å². The molecule has 0 radical (unpaired) electrons. The van der Waals surface area contributed by atoms with Crippen molar-refractivity contribution in [3.05, 3.63) is 11.1 Å². The summed E-state index contributed by atoms with van der Waals surface area (Å²) >= 11 is 3.27. The Hall–Kier alpha value is 0.140. The van der Waals surface area contributed by atoms with Crippen LogP contribution in [0.2, 0.25) is 0 Å². The van der Waals surface area contributed by atoms with E-state index in [1.54, 1.807) is 0 Å². The predicted octanol–water partition coefficient (Wildman–Crippen LogP) is 2.46. The molecule has 0 atom stereocenters. The van der Waals surface area contributed by atoms with Crippen molar-refractivity contribution in [1.82, 2.24) is 0 Å². The molecular formula is C10H17BrO2. The van der Waals surface area contributed by atoms with Gasteiger partial charge in [0.25, 0.3) is 0 Å². The van der Waals surface area contributed by atoms with Crippen molar-refractivity contribution in [1.29, 1.82) is 0 Å². The van der Waals surface area contributed by atoms with Crippen LogP contribution >= 0.6 is 15.9 Å². The number of aliphatic hydroxyl groups excluding tert-OH is 1. The van der Waals surface area contributed by atoms with E-state index in [0.717, 1.165) is 30.2 Å². The number of hydrogen-bond acceptors (Lipinski definition) is 2. The van der Waals surface area contributed by atoms with Gasteiger partial charge in [-0.05, 0) is 31.6 Å². The van der Waals surface area contributed by atoms with Gasteiger partial charge in [-0.2, -0.15) is 0 Å². The molecule has 1 rings (SSSR count). The molecule has 3 heteroatoms. The van der Waals surface area contributed by atoms with Crippen LogP contribution in [0.1, 0.15) is 25.7 Å². The largest absolute Gasteiger partial charge is 0.396 e. The number of ether oxygens (including phenoxy) is 1. The van der Waals surface area contributed by atoms with Gasteiger partial charge in [0.2, 0.25) is 0 Å². The summed E-state index contributed by atoms with van der Waals surface area (Å²) in [7, 11) is 0. The van der Waals surface area contributed by atoms with Crippen LogP contribution in [0.4, 0.5) is 0 Å². The lowest BCUT2D eigenvalue weighted by atomic mass is 9.88. The second-order valence-electron chi connectivity index (χ2n) is 3.65. The topological polar surface area (TPSA) is 29.5 Å². The molecule has 1 saturated carbocycles. The third kappa shape index (κ3) is 4.25. The van der Waals surface area contributed by atoms with Crippen molar-refractivity contribution in [2.45, 2.75) is 31.8 Å². The lowest BCUT2D eigenvalue weighted by Crippen LogP contribution is -2.23. The van der Waals surface area contributed by atoms with Gasteiger partial charge in [0.05, 0.1) is 12.7 Å². The molecule has 2 nitrogen and oxygen atoms in total. The Morgan fingerprint density at radius 3 is 2.46 bits per heavy atom. The van der Waals surface area contributed by atoms with E-state index < -0.39 is 0 Å². The Bertz CT molecular complexity index is 162. The van der Waals surface area contributed by atoms with Crippen molar-refractivity contribution in [2.24, 2.45) is 5.92 Å². The number of rotatable bonds is 4. The quantitative estimate of drug-likeness (QED) is 0.829. The zero-order valence-corrected chi connectivity index (χ0v) is 9.42. The molecule has 1 aliphatic rings. The molecule has 0 aromatic carbocycles. The van der Waals surface area contributed by atoms with Gasteiger partial charge in [0, 0.05) is 11.1 Å². The van der Waals surface area contributed by atoms with Crippen LogP contribution in [0.15, 0.2) is 11.1 Å². The summed E-state index contributed by atoms with van der Waals surface area (Å²) in [5.41, 5.74) is 0. The van der Waals surface area contributed by atoms with Crippen LogP contribution in [0, 0.1) is 5.92 Å². The minimum absolute atomic E-state index is 0.331. The Morgan fingerprint density at radius 2 is 2.00 bits per heavy atom. The normalized spacial score (nSPS) is 28.8. The Kier molecular flexibility index (Phi) is 4.99. The smallest absolute Gasteiger partial charge is 0.0779 e. The van der Waals surface area contributed by atoms with Gasteiger partial charge >= 0.3 is 0 Å². The minimum Gasteiger partial charge on any atom is -0.396 e. The van der Waals surface area contributed by atoms with Crippen molar-refractivity contribution < 1.29 is 9.84 Å². The standard InChI is InChI=1S/C10H17BrO2/c1-8(11)7-13-10-4-2-9(6-12)3-5-10/h9-10,12H,1-7H2. The maximum atomic E-state index is 8.93. The Morgan fingerprint density at radius 1 is 1.38 bits per heavy atom. The van der Waals surface area contributed by atoms with Crippen molar-refractivity contribution in [3.63, 3.8) is 0 Å². The zero-order valence-electron chi connectivity index (χ0n) is 7.84. The number of aliphatic hydroxyl groups is 1. The second kappa shape index (κ2) is 5.78. The molecule has 0 unspecified atom stereocenters. The van der Waals surface area contributed by atoms with Gasteiger partial charge in [-0.15, -0.1) is 0 Å². The third-order valence-electron chi connectivity index (χ3n) is 2.53. The van der Waals surface area contributed by atoms with Crippen LogP contribution in [-0.2, 0) is 4.74 Å². The van der Waals surface area contributed by atoms with Gasteiger partial charge in [-0.3, -0.25) is 0 Å². The summed E-state index contributed by atoms with van der Waals surface area (Å²) in [6, 6.07) is 0. The highest BCUT2D eigenvalue weighted by Crippen LogP contribution is 2.26. The molecule has 0 saturated heterocycles. The fourth-order valence-corrected chi connectivity index (χ4v) is 1.82. The van der Waals surface area contributed by atoms with E-state index >= 15 is 0 Å². The summed E-state index contributed by atoms with van der Waals surface area (Å²) in [4.78, 5) is 0. The van der Waals surface area contributed by atoms with Crippen LogP contribution in [0.3, 0.4) is 0 Å². The molecular weight excluding hydrogens is 232 g/mol. The van der Waals surface area contributed by atoms with E-state index in [1.807, 2.05) is 0 Å². The first-order chi connectivity index (χ1) is 6.22. The van der Waals surface area contributed by atoms with Gasteiger partial charge in [-0.1, -0.05) is 22.5 Å². The SMILES string of the molecule is C=C(Br)COC1CCC(CO)CC1. The molecule has 0 heterocycles. The summed E-state index contributed by atoms with van der Waals surface area (Å²) in [6.07, 6.45) is 4.71. The van der Waals surface area contributed by atoms with E-state index in [4.69, 9.17) is 9.84 Å². The molecule has 0 spiro atoms. The lowest BCUT2D eigenvalue weighted by molar-refractivity contribution is 0.0256. The third-order valence-corrected chi connectivity index (χ3v) is 2.76. The average molecular weight is 249 g/mol. The Balaban J connectivity index is 2.14. The monoisotopic (exact) mass is 248 g/mol. The molecule has 0 aromatic heterocycles. The predicted molar refractivity (Wildman–Crippen MR) is 56.9 cm³/mol. The zero-order chi connectivity index (χ0) is 9.68. The van der Waals surface area contributed by atoms with Crippen molar-refractivity contribution >= 4 is 15.9 Å². The maximum Gasteiger partial charge on any atom is 0.0779 e. The molecule has 1 fully saturated rings. The molecule has 13 heavy (non-hydrogen) atoms. The van der Waals surface area contributed by atoms with E-state index in [1.165, 1.54) is 0 Å². The number of halogens is 1. The van der Waals surface area contributed by atoms with Crippen molar-refractivity contribution in [3.8, 4) is 0 Å². The molecule has 0 bridgehead atoms. The van der Waals surface area contributed by atoms with Crippen LogP contribution in [-0.4, -0.2) is 24.4 Å². The Labute approximate surface area is 88.1 Å². The fourth-order valence-electron chi connectivity index (χ4n) is 1.69. The van der Waals surface area contributed by atoms with E-state index in [2.05, 4.69) is 22.5 Å². The molecule has 0 aliphatic heterocycles. The lowest BCUT2D eigenvalue weighted by Gasteiger charge is -2.27. The highest BCUT2D eigenvalue weighted by Gasteiger charge is 2.20. The summed E-state index contributed by atoms with van der Waals surface area (Å²) in [6.45, 7) is 4.66. The molecule has 0 amide bonds. The van der Waals surface area contributed by atoms with E-state index in [-0.39, 0.29) is 0 Å². The first kappa shape index (κ1) is 11.2.